The number of hydrogen-bond donors (Lipinski definition) is 4. The summed E-state index contributed by atoms with van der Waals surface area (Å²) in [6, 6.07) is 17.5. The van der Waals surface area contributed by atoms with Crippen LogP contribution in [0, 0.1) is 0 Å². The fourth-order valence-corrected chi connectivity index (χ4v) is 4.39. The molecule has 0 spiro atoms. The van der Waals surface area contributed by atoms with E-state index >= 15 is 0 Å². The van der Waals surface area contributed by atoms with E-state index in [1.807, 2.05) is 6.20 Å². The summed E-state index contributed by atoms with van der Waals surface area (Å²) in [5, 5.41) is 10.3. The first-order valence-electron chi connectivity index (χ1n) is 12.3. The van der Waals surface area contributed by atoms with Crippen LogP contribution in [0.4, 0.5) is 0 Å². The summed E-state index contributed by atoms with van der Waals surface area (Å²) >= 11 is 0. The Morgan fingerprint density at radius 1 is 1.03 bits per heavy atom. The van der Waals surface area contributed by atoms with Crippen molar-refractivity contribution in [3.63, 3.8) is 0 Å². The van der Waals surface area contributed by atoms with E-state index in [0.717, 1.165) is 73.1 Å². The molecule has 4 N–H and O–H groups in total. The quantitative estimate of drug-likeness (QED) is 0.238. The van der Waals surface area contributed by atoms with Crippen LogP contribution in [-0.2, 0) is 0 Å². The molecule has 2 aromatic carbocycles. The minimum atomic E-state index is 0.354. The number of H-pyrrole nitrogens is 1. The average Bonchev–Trinajstić information content (AvgIpc) is 3.57. The summed E-state index contributed by atoms with van der Waals surface area (Å²) in [6.07, 6.45) is 5.43. The van der Waals surface area contributed by atoms with E-state index in [1.54, 1.807) is 0 Å². The topological polar surface area (TPSA) is 77.1 Å². The molecular formula is C28H36N6. The molecule has 6 heteroatoms. The number of allylic oxidation sites excluding steroid dienone is 1. The maximum atomic E-state index is 4.59. The largest absolute Gasteiger partial charge is 0.386 e. The second-order valence-electron chi connectivity index (χ2n) is 8.79. The minimum Gasteiger partial charge on any atom is -0.386 e. The van der Waals surface area contributed by atoms with Gasteiger partial charge in [-0.3, -0.25) is 4.99 Å². The van der Waals surface area contributed by atoms with Gasteiger partial charge >= 0.3 is 0 Å². The third-order valence-corrected chi connectivity index (χ3v) is 6.31. The number of nitrogens with zero attached hydrogens (tertiary/aromatic N) is 2. The third-order valence-electron chi connectivity index (χ3n) is 6.31. The van der Waals surface area contributed by atoms with Gasteiger partial charge in [0.1, 0.15) is 5.82 Å². The van der Waals surface area contributed by atoms with Gasteiger partial charge in [-0.1, -0.05) is 55.5 Å². The van der Waals surface area contributed by atoms with E-state index in [0.29, 0.717) is 6.04 Å². The molecule has 1 saturated heterocycles. The van der Waals surface area contributed by atoms with Crippen LogP contribution >= 0.6 is 0 Å². The molecule has 0 amide bonds. The number of benzene rings is 2. The van der Waals surface area contributed by atoms with Gasteiger partial charge in [0.25, 0.3) is 0 Å². The van der Waals surface area contributed by atoms with Crippen molar-refractivity contribution < 1.29 is 0 Å². The Labute approximate surface area is 203 Å². The SMILES string of the molecule is C=N/C(=C(/C)NCCNCCC)c1ccc(-c2ccc(-c3cnc([C@@H]4CCCN4)[nH]3)cc2)cc1. The van der Waals surface area contributed by atoms with Gasteiger partial charge in [0.15, 0.2) is 0 Å². The molecule has 34 heavy (non-hydrogen) atoms. The van der Waals surface area contributed by atoms with Gasteiger partial charge in [0.2, 0.25) is 0 Å². The zero-order chi connectivity index (χ0) is 23.8. The van der Waals surface area contributed by atoms with Crippen molar-refractivity contribution in [1.29, 1.82) is 0 Å². The van der Waals surface area contributed by atoms with E-state index in [4.69, 9.17) is 0 Å². The van der Waals surface area contributed by atoms with E-state index in [1.165, 1.54) is 17.5 Å². The highest BCUT2D eigenvalue weighted by Gasteiger charge is 2.19. The molecule has 0 aliphatic carbocycles. The van der Waals surface area contributed by atoms with Gasteiger partial charge in [0.05, 0.1) is 23.6 Å². The van der Waals surface area contributed by atoms with E-state index in [9.17, 15) is 0 Å². The van der Waals surface area contributed by atoms with Crippen LogP contribution in [0.25, 0.3) is 28.1 Å². The van der Waals surface area contributed by atoms with E-state index < -0.39 is 0 Å². The van der Waals surface area contributed by atoms with Gasteiger partial charge in [-0.05, 0) is 62.7 Å². The van der Waals surface area contributed by atoms with Crippen LogP contribution in [0.3, 0.4) is 0 Å². The van der Waals surface area contributed by atoms with Crippen molar-refractivity contribution >= 4 is 12.4 Å². The maximum absolute atomic E-state index is 4.59. The summed E-state index contributed by atoms with van der Waals surface area (Å²) in [4.78, 5) is 12.4. The molecule has 0 unspecified atom stereocenters. The van der Waals surface area contributed by atoms with Crippen molar-refractivity contribution in [3.8, 4) is 22.4 Å². The van der Waals surface area contributed by atoms with Crippen molar-refractivity contribution in [1.82, 2.24) is 25.9 Å². The molecule has 1 aliphatic heterocycles. The van der Waals surface area contributed by atoms with Crippen LogP contribution in [-0.4, -0.2) is 42.9 Å². The molecule has 1 aromatic heterocycles. The molecule has 0 saturated carbocycles. The second-order valence-corrected chi connectivity index (χ2v) is 8.79. The summed E-state index contributed by atoms with van der Waals surface area (Å²) in [7, 11) is 0. The number of aromatic nitrogens is 2. The summed E-state index contributed by atoms with van der Waals surface area (Å²) in [5.41, 5.74) is 7.56. The zero-order valence-electron chi connectivity index (χ0n) is 20.3. The average molecular weight is 457 g/mol. The van der Waals surface area contributed by atoms with Crippen molar-refractivity contribution in [3.05, 3.63) is 71.8 Å². The predicted octanol–water partition coefficient (Wildman–Crippen LogP) is 5.15. The first kappa shape index (κ1) is 23.9. The Hall–Kier alpha value is -3.22. The Morgan fingerprint density at radius 2 is 1.74 bits per heavy atom. The number of rotatable bonds is 11. The molecule has 178 valence electrons. The lowest BCUT2D eigenvalue weighted by Gasteiger charge is -2.12. The lowest BCUT2D eigenvalue weighted by molar-refractivity contribution is 0.613. The second kappa shape index (κ2) is 11.8. The molecule has 1 aliphatic rings. The molecule has 0 radical (unpaired) electrons. The number of aromatic amines is 1. The van der Waals surface area contributed by atoms with Gasteiger partial charge in [-0.25, -0.2) is 4.98 Å². The Morgan fingerprint density at radius 3 is 2.38 bits per heavy atom. The van der Waals surface area contributed by atoms with Gasteiger partial charge in [-0.15, -0.1) is 0 Å². The normalized spacial score (nSPS) is 16.4. The van der Waals surface area contributed by atoms with Crippen LogP contribution in [0.5, 0.6) is 0 Å². The molecule has 3 aromatic rings. The summed E-state index contributed by atoms with van der Waals surface area (Å²) < 4.78 is 0. The summed E-state index contributed by atoms with van der Waals surface area (Å²) in [5.74, 6) is 1.04. The van der Waals surface area contributed by atoms with Crippen LogP contribution in [0.15, 0.2) is 65.4 Å². The van der Waals surface area contributed by atoms with Gasteiger partial charge < -0.3 is 20.9 Å². The first-order valence-corrected chi connectivity index (χ1v) is 12.3. The molecular weight excluding hydrogens is 420 g/mol. The molecule has 0 bridgehead atoms. The van der Waals surface area contributed by atoms with Crippen LogP contribution < -0.4 is 16.0 Å². The van der Waals surface area contributed by atoms with Crippen LogP contribution in [0.2, 0.25) is 0 Å². The molecule has 6 nitrogen and oxygen atoms in total. The highest BCUT2D eigenvalue weighted by molar-refractivity contribution is 5.74. The predicted molar refractivity (Wildman–Crippen MR) is 143 cm³/mol. The summed E-state index contributed by atoms with van der Waals surface area (Å²) in [6.45, 7) is 11.9. The number of aliphatic imine (C=N–C) groups is 1. The van der Waals surface area contributed by atoms with Crippen molar-refractivity contribution in [2.75, 3.05) is 26.2 Å². The number of nitrogens with one attached hydrogen (secondary N) is 4. The Bertz CT molecular complexity index is 1090. The van der Waals surface area contributed by atoms with Gasteiger partial charge in [0, 0.05) is 24.4 Å². The van der Waals surface area contributed by atoms with E-state index in [2.05, 4.69) is 100 Å². The molecule has 4 rings (SSSR count). The van der Waals surface area contributed by atoms with Crippen molar-refractivity contribution in [2.45, 2.75) is 39.2 Å². The Balaban J connectivity index is 1.42. The fourth-order valence-electron chi connectivity index (χ4n) is 4.39. The molecule has 2 heterocycles. The lowest BCUT2D eigenvalue weighted by Crippen LogP contribution is -2.27. The fraction of sp³-hybridized carbons (Fsp3) is 0.357. The number of hydrogen-bond acceptors (Lipinski definition) is 5. The maximum Gasteiger partial charge on any atom is 0.123 e. The van der Waals surface area contributed by atoms with Crippen LogP contribution in [0.1, 0.15) is 50.5 Å². The lowest BCUT2D eigenvalue weighted by atomic mass is 10.0. The molecule has 1 atom stereocenters. The van der Waals surface area contributed by atoms with Crippen molar-refractivity contribution in [2.24, 2.45) is 4.99 Å². The minimum absolute atomic E-state index is 0.354. The smallest absolute Gasteiger partial charge is 0.123 e. The third kappa shape index (κ3) is 5.82. The first-order chi connectivity index (χ1) is 16.7. The highest BCUT2D eigenvalue weighted by atomic mass is 15.0. The number of imidazole rings is 1. The standard InChI is InChI=1S/C28H36N6/c1-4-15-30-17-18-31-20(2)27(29-3)24-13-9-22(10-14-24)21-7-11-23(12-8-21)26-19-33-28(34-26)25-6-5-16-32-25/h7-14,19,25,30-32H,3-6,15-18H2,1-2H3,(H,33,34)/b27-20-/t25-/m0/s1. The monoisotopic (exact) mass is 456 g/mol. The van der Waals surface area contributed by atoms with Gasteiger partial charge in [-0.2, -0.15) is 0 Å². The highest BCUT2D eigenvalue weighted by Crippen LogP contribution is 2.28. The zero-order valence-corrected chi connectivity index (χ0v) is 20.3. The van der Waals surface area contributed by atoms with E-state index in [-0.39, 0.29) is 0 Å². The molecule has 1 fully saturated rings. The Kier molecular flexibility index (Phi) is 8.28.